The second-order valence-electron chi connectivity index (χ2n) is 10.5. The van der Waals surface area contributed by atoms with Crippen molar-refractivity contribution in [2.24, 2.45) is 11.8 Å². The number of carbonyl (C=O) groups excluding carboxylic acids is 1. The number of benzene rings is 3. The van der Waals surface area contributed by atoms with Gasteiger partial charge in [0.15, 0.2) is 0 Å². The Labute approximate surface area is 231 Å². The van der Waals surface area contributed by atoms with Gasteiger partial charge in [0.2, 0.25) is 5.91 Å². The van der Waals surface area contributed by atoms with E-state index in [0.717, 1.165) is 12.0 Å². The van der Waals surface area contributed by atoms with Gasteiger partial charge in [-0.1, -0.05) is 54.6 Å². The van der Waals surface area contributed by atoms with Crippen molar-refractivity contribution in [2.45, 2.75) is 44.6 Å². The zero-order valence-electron chi connectivity index (χ0n) is 22.1. The minimum absolute atomic E-state index is 0.0106. The molecule has 3 aromatic carbocycles. The van der Waals surface area contributed by atoms with E-state index in [0.29, 0.717) is 49.6 Å². The first-order valence-electron chi connectivity index (χ1n) is 13.7. The number of nitrogens with one attached hydrogen (secondary N) is 2. The molecular formula is C31H32N4O5. The van der Waals surface area contributed by atoms with E-state index in [-0.39, 0.29) is 29.0 Å². The maximum Gasteiger partial charge on any atom is 0.329 e. The fraction of sp³-hybridized carbons (Fsp3) is 0.323. The molecule has 40 heavy (non-hydrogen) atoms. The number of nitro groups is 1. The standard InChI is InChI=1S/C31H32N4O5/c36-29(32-19-18-21-6-2-1-3-7-21)24-14-12-23(13-15-24)28(20-22-10-16-25(17-11-22)35(39)40)34-30(37)26-8-4-5-9-27(26)33-31(34)38/h1-11,16-17,23-24,28H,12-15,18-20H2,(H,32,36)(H,33,38). The number of hydrogen-bond donors (Lipinski definition) is 2. The average Bonchev–Trinajstić information content (AvgIpc) is 2.97. The lowest BCUT2D eigenvalue weighted by molar-refractivity contribution is -0.384. The number of nitro benzene ring substituents is 1. The van der Waals surface area contributed by atoms with Crippen molar-refractivity contribution in [3.05, 3.63) is 121 Å². The van der Waals surface area contributed by atoms with E-state index in [1.165, 1.54) is 22.3 Å². The molecule has 0 radical (unpaired) electrons. The van der Waals surface area contributed by atoms with Crippen LogP contribution in [0, 0.1) is 22.0 Å². The fourth-order valence-electron chi connectivity index (χ4n) is 5.83. The Hall–Kier alpha value is -4.53. The van der Waals surface area contributed by atoms with Gasteiger partial charge in [-0.3, -0.25) is 24.3 Å². The third-order valence-electron chi connectivity index (χ3n) is 8.00. The normalized spacial score (nSPS) is 17.8. The lowest BCUT2D eigenvalue weighted by Crippen LogP contribution is -2.43. The molecule has 1 unspecified atom stereocenters. The molecule has 5 rings (SSSR count). The van der Waals surface area contributed by atoms with Gasteiger partial charge in [-0.2, -0.15) is 0 Å². The molecule has 1 heterocycles. The van der Waals surface area contributed by atoms with E-state index in [4.69, 9.17) is 0 Å². The van der Waals surface area contributed by atoms with Crippen LogP contribution in [0.2, 0.25) is 0 Å². The van der Waals surface area contributed by atoms with Crippen molar-refractivity contribution in [1.29, 1.82) is 0 Å². The number of aromatic nitrogens is 2. The van der Waals surface area contributed by atoms with E-state index in [1.54, 1.807) is 36.4 Å². The minimum Gasteiger partial charge on any atom is -0.356 e. The number of carbonyl (C=O) groups is 1. The molecule has 0 aliphatic heterocycles. The lowest BCUT2D eigenvalue weighted by Gasteiger charge is -2.34. The molecule has 1 saturated carbocycles. The predicted octanol–water partition coefficient (Wildman–Crippen LogP) is 4.55. The summed E-state index contributed by atoms with van der Waals surface area (Å²) in [5, 5.41) is 14.6. The average molecular weight is 541 g/mol. The van der Waals surface area contributed by atoms with Crippen LogP contribution in [-0.2, 0) is 17.6 Å². The summed E-state index contributed by atoms with van der Waals surface area (Å²) in [5.74, 6) is -0.0794. The number of rotatable bonds is 9. The molecular weight excluding hydrogens is 508 g/mol. The summed E-state index contributed by atoms with van der Waals surface area (Å²) in [6.07, 6.45) is 3.85. The lowest BCUT2D eigenvalue weighted by atomic mass is 9.76. The molecule has 0 spiro atoms. The van der Waals surface area contributed by atoms with Gasteiger partial charge in [-0.15, -0.1) is 0 Å². The maximum absolute atomic E-state index is 13.6. The van der Waals surface area contributed by atoms with Gasteiger partial charge in [0.1, 0.15) is 0 Å². The van der Waals surface area contributed by atoms with Gasteiger partial charge in [0, 0.05) is 30.6 Å². The molecule has 9 heteroatoms. The van der Waals surface area contributed by atoms with Crippen molar-refractivity contribution in [3.63, 3.8) is 0 Å². The van der Waals surface area contributed by atoms with Gasteiger partial charge in [-0.25, -0.2) is 4.79 Å². The molecule has 0 saturated heterocycles. The van der Waals surface area contributed by atoms with Crippen LogP contribution in [0.4, 0.5) is 5.69 Å². The zero-order valence-corrected chi connectivity index (χ0v) is 22.1. The van der Waals surface area contributed by atoms with Gasteiger partial charge in [-0.05, 0) is 67.7 Å². The number of amides is 1. The fourth-order valence-corrected chi connectivity index (χ4v) is 5.83. The van der Waals surface area contributed by atoms with E-state index >= 15 is 0 Å². The largest absolute Gasteiger partial charge is 0.356 e. The predicted molar refractivity (Wildman–Crippen MR) is 153 cm³/mol. The van der Waals surface area contributed by atoms with E-state index < -0.39 is 16.7 Å². The molecule has 2 N–H and O–H groups in total. The Kier molecular flexibility index (Phi) is 8.19. The maximum atomic E-state index is 13.6. The van der Waals surface area contributed by atoms with Crippen LogP contribution in [-0.4, -0.2) is 26.9 Å². The highest BCUT2D eigenvalue weighted by molar-refractivity contribution is 5.78. The van der Waals surface area contributed by atoms with Gasteiger partial charge in [0.05, 0.1) is 15.8 Å². The summed E-state index contributed by atoms with van der Waals surface area (Å²) in [5.41, 5.74) is 1.62. The van der Waals surface area contributed by atoms with Gasteiger partial charge < -0.3 is 10.3 Å². The Morgan fingerprint density at radius 3 is 2.30 bits per heavy atom. The smallest absolute Gasteiger partial charge is 0.329 e. The summed E-state index contributed by atoms with van der Waals surface area (Å²) in [4.78, 5) is 53.2. The van der Waals surface area contributed by atoms with Crippen LogP contribution < -0.4 is 16.6 Å². The van der Waals surface area contributed by atoms with Crippen LogP contribution >= 0.6 is 0 Å². The van der Waals surface area contributed by atoms with Crippen LogP contribution in [0.5, 0.6) is 0 Å². The molecule has 1 aliphatic rings. The summed E-state index contributed by atoms with van der Waals surface area (Å²) in [6, 6.07) is 22.7. The first-order valence-corrected chi connectivity index (χ1v) is 13.7. The van der Waals surface area contributed by atoms with Gasteiger partial charge in [0.25, 0.3) is 11.2 Å². The molecule has 1 aromatic heterocycles. The quantitative estimate of drug-likeness (QED) is 0.238. The second-order valence-corrected chi connectivity index (χ2v) is 10.5. The molecule has 1 fully saturated rings. The molecule has 0 bridgehead atoms. The first-order chi connectivity index (χ1) is 19.4. The van der Waals surface area contributed by atoms with Crippen molar-refractivity contribution in [2.75, 3.05) is 6.54 Å². The van der Waals surface area contributed by atoms with Crippen LogP contribution in [0.25, 0.3) is 10.9 Å². The van der Waals surface area contributed by atoms with Crippen LogP contribution in [0.3, 0.4) is 0 Å². The topological polar surface area (TPSA) is 127 Å². The van der Waals surface area contributed by atoms with Crippen molar-refractivity contribution in [3.8, 4) is 0 Å². The van der Waals surface area contributed by atoms with Crippen LogP contribution in [0.1, 0.15) is 42.9 Å². The Morgan fingerprint density at radius 1 is 0.925 bits per heavy atom. The van der Waals surface area contributed by atoms with Gasteiger partial charge >= 0.3 is 5.69 Å². The molecule has 1 amide bonds. The zero-order chi connectivity index (χ0) is 28.1. The molecule has 206 valence electrons. The number of aromatic amines is 1. The Balaban J connectivity index is 1.34. The number of hydrogen-bond acceptors (Lipinski definition) is 5. The van der Waals surface area contributed by atoms with Crippen molar-refractivity contribution in [1.82, 2.24) is 14.9 Å². The number of nitrogens with zero attached hydrogens (tertiary/aromatic N) is 2. The monoisotopic (exact) mass is 540 g/mol. The third-order valence-corrected chi connectivity index (χ3v) is 8.00. The summed E-state index contributed by atoms with van der Waals surface area (Å²) in [6.45, 7) is 0.577. The third kappa shape index (κ3) is 6.03. The van der Waals surface area contributed by atoms with Crippen molar-refractivity contribution >= 4 is 22.5 Å². The van der Waals surface area contributed by atoms with Crippen molar-refractivity contribution < 1.29 is 9.72 Å². The highest BCUT2D eigenvalue weighted by Crippen LogP contribution is 2.37. The molecule has 1 atom stereocenters. The van der Waals surface area contributed by atoms with E-state index in [9.17, 15) is 24.5 Å². The Morgan fingerprint density at radius 2 is 1.60 bits per heavy atom. The molecule has 9 nitrogen and oxygen atoms in total. The molecule has 1 aliphatic carbocycles. The highest BCUT2D eigenvalue weighted by Gasteiger charge is 2.33. The van der Waals surface area contributed by atoms with E-state index in [2.05, 4.69) is 10.3 Å². The minimum atomic E-state index is -0.476. The Bertz CT molecular complexity index is 1600. The molecule has 4 aromatic rings. The number of non-ortho nitro benzene ring substituents is 1. The summed E-state index contributed by atoms with van der Waals surface area (Å²) >= 11 is 0. The SMILES string of the molecule is O=C(NCCc1ccccc1)C1CCC(C(Cc2ccc([N+](=O)[O-])cc2)n2c(=O)[nH]c3ccccc3c2=O)CC1. The summed E-state index contributed by atoms with van der Waals surface area (Å²) < 4.78 is 1.31. The number of fused-ring (bicyclic) bond motifs is 1. The first kappa shape index (κ1) is 27.1. The van der Waals surface area contributed by atoms with E-state index in [1.807, 2.05) is 30.3 Å². The second kappa shape index (κ2) is 12.1. The summed E-state index contributed by atoms with van der Waals surface area (Å²) in [7, 11) is 0. The van der Waals surface area contributed by atoms with Crippen LogP contribution in [0.15, 0.2) is 88.5 Å². The number of H-pyrrole nitrogens is 1. The highest BCUT2D eigenvalue weighted by atomic mass is 16.6. The number of para-hydroxylation sites is 1.